The Kier molecular flexibility index (Phi) is 5.50. The SMILES string of the molecule is COc1ccc2nc(NC(=O)c3ccccc3SCC(=O)NC3CC3)sc2c1. The van der Waals surface area contributed by atoms with Crippen molar-refractivity contribution >= 4 is 50.3 Å². The summed E-state index contributed by atoms with van der Waals surface area (Å²) >= 11 is 2.76. The molecule has 2 N–H and O–H groups in total. The van der Waals surface area contributed by atoms with Gasteiger partial charge in [0.25, 0.3) is 5.91 Å². The molecule has 1 aromatic heterocycles. The maximum atomic E-state index is 12.8. The number of amides is 2. The lowest BCUT2D eigenvalue weighted by molar-refractivity contribution is -0.118. The highest BCUT2D eigenvalue weighted by molar-refractivity contribution is 8.00. The first-order valence-electron chi connectivity index (χ1n) is 8.89. The third-order valence-electron chi connectivity index (χ3n) is 4.25. The number of fused-ring (bicyclic) bond motifs is 1. The van der Waals surface area contributed by atoms with Gasteiger partial charge in [0.1, 0.15) is 5.75 Å². The normalized spacial score (nSPS) is 13.3. The van der Waals surface area contributed by atoms with Gasteiger partial charge in [-0.15, -0.1) is 11.8 Å². The van der Waals surface area contributed by atoms with E-state index in [-0.39, 0.29) is 11.8 Å². The molecule has 1 fully saturated rings. The fourth-order valence-electron chi connectivity index (χ4n) is 2.67. The molecule has 0 radical (unpaired) electrons. The Bertz CT molecular complexity index is 1030. The van der Waals surface area contributed by atoms with Gasteiger partial charge in [-0.1, -0.05) is 23.5 Å². The zero-order valence-electron chi connectivity index (χ0n) is 15.2. The minimum Gasteiger partial charge on any atom is -0.497 e. The number of ether oxygens (including phenoxy) is 1. The van der Waals surface area contributed by atoms with Crippen LogP contribution in [0.15, 0.2) is 47.4 Å². The van der Waals surface area contributed by atoms with Crippen LogP contribution in [0.3, 0.4) is 0 Å². The lowest BCUT2D eigenvalue weighted by atomic mass is 10.2. The van der Waals surface area contributed by atoms with Crippen molar-refractivity contribution in [3.63, 3.8) is 0 Å². The molecule has 0 unspecified atom stereocenters. The maximum absolute atomic E-state index is 12.8. The van der Waals surface area contributed by atoms with E-state index in [1.807, 2.05) is 36.4 Å². The van der Waals surface area contributed by atoms with Crippen LogP contribution in [0.25, 0.3) is 10.2 Å². The average molecular weight is 414 g/mol. The molecule has 144 valence electrons. The van der Waals surface area contributed by atoms with Gasteiger partial charge in [-0.2, -0.15) is 0 Å². The van der Waals surface area contributed by atoms with Crippen LogP contribution in [-0.2, 0) is 4.79 Å². The van der Waals surface area contributed by atoms with Gasteiger partial charge in [0.15, 0.2) is 5.13 Å². The zero-order valence-corrected chi connectivity index (χ0v) is 16.9. The second kappa shape index (κ2) is 8.20. The number of nitrogens with zero attached hydrogens (tertiary/aromatic N) is 1. The molecular weight excluding hydrogens is 394 g/mol. The highest BCUT2D eigenvalue weighted by Crippen LogP contribution is 2.30. The van der Waals surface area contributed by atoms with E-state index in [2.05, 4.69) is 15.6 Å². The van der Waals surface area contributed by atoms with E-state index in [1.165, 1.54) is 23.1 Å². The van der Waals surface area contributed by atoms with Crippen molar-refractivity contribution in [2.45, 2.75) is 23.8 Å². The molecule has 0 atom stereocenters. The number of rotatable bonds is 7. The van der Waals surface area contributed by atoms with Gasteiger partial charge in [0.05, 0.1) is 28.6 Å². The number of benzene rings is 2. The number of carbonyl (C=O) groups is 2. The first-order valence-corrected chi connectivity index (χ1v) is 10.7. The molecule has 1 heterocycles. The molecule has 0 spiro atoms. The Morgan fingerprint density at radius 3 is 2.86 bits per heavy atom. The fraction of sp³-hybridized carbons (Fsp3) is 0.250. The van der Waals surface area contributed by atoms with Gasteiger partial charge in [-0.3, -0.25) is 14.9 Å². The number of carbonyl (C=O) groups excluding carboxylic acids is 2. The smallest absolute Gasteiger partial charge is 0.258 e. The van der Waals surface area contributed by atoms with Gasteiger partial charge in [0.2, 0.25) is 5.91 Å². The summed E-state index contributed by atoms with van der Waals surface area (Å²) in [5.74, 6) is 0.807. The van der Waals surface area contributed by atoms with E-state index < -0.39 is 0 Å². The van der Waals surface area contributed by atoms with E-state index in [9.17, 15) is 9.59 Å². The molecule has 2 aromatic carbocycles. The standard InChI is InChI=1S/C20H19N3O3S2/c1-26-13-8-9-15-17(10-13)28-20(22-15)23-19(25)14-4-2-3-5-16(14)27-11-18(24)21-12-6-7-12/h2-5,8-10,12H,6-7,11H2,1H3,(H,21,24)(H,22,23,25). The van der Waals surface area contributed by atoms with Crippen LogP contribution in [-0.4, -0.2) is 35.7 Å². The number of aromatic nitrogens is 1. The van der Waals surface area contributed by atoms with E-state index in [0.29, 0.717) is 22.5 Å². The molecule has 1 aliphatic carbocycles. The quantitative estimate of drug-likeness (QED) is 0.574. The van der Waals surface area contributed by atoms with E-state index in [0.717, 1.165) is 33.7 Å². The second-order valence-electron chi connectivity index (χ2n) is 6.43. The van der Waals surface area contributed by atoms with Crippen LogP contribution in [0, 0.1) is 0 Å². The Hall–Kier alpha value is -2.58. The minimum absolute atomic E-state index is 0.00262. The first kappa shape index (κ1) is 18.8. The molecule has 1 aliphatic rings. The molecule has 4 rings (SSSR count). The molecule has 0 saturated heterocycles. The molecule has 0 aliphatic heterocycles. The Labute approximate surface area is 170 Å². The van der Waals surface area contributed by atoms with Crippen LogP contribution < -0.4 is 15.4 Å². The highest BCUT2D eigenvalue weighted by Gasteiger charge is 2.23. The Morgan fingerprint density at radius 1 is 1.25 bits per heavy atom. The molecule has 3 aromatic rings. The van der Waals surface area contributed by atoms with E-state index in [1.54, 1.807) is 13.2 Å². The number of thiazole rings is 1. The number of thioether (sulfide) groups is 1. The minimum atomic E-state index is -0.239. The number of anilines is 1. The molecule has 6 nitrogen and oxygen atoms in total. The van der Waals surface area contributed by atoms with Crippen molar-refractivity contribution in [2.75, 3.05) is 18.2 Å². The topological polar surface area (TPSA) is 80.3 Å². The zero-order chi connectivity index (χ0) is 19.5. The van der Waals surface area contributed by atoms with Gasteiger partial charge < -0.3 is 10.1 Å². The molecular formula is C20H19N3O3S2. The van der Waals surface area contributed by atoms with Crippen LogP contribution in [0.4, 0.5) is 5.13 Å². The Balaban J connectivity index is 1.46. The van der Waals surface area contributed by atoms with Crippen molar-refractivity contribution in [2.24, 2.45) is 0 Å². The van der Waals surface area contributed by atoms with E-state index in [4.69, 9.17) is 4.74 Å². The molecule has 28 heavy (non-hydrogen) atoms. The summed E-state index contributed by atoms with van der Waals surface area (Å²) in [6.07, 6.45) is 2.12. The number of hydrogen-bond acceptors (Lipinski definition) is 6. The van der Waals surface area contributed by atoms with Gasteiger partial charge in [-0.05, 0) is 43.2 Å². The number of methoxy groups -OCH3 is 1. The summed E-state index contributed by atoms with van der Waals surface area (Å²) in [5, 5.41) is 6.35. The summed E-state index contributed by atoms with van der Waals surface area (Å²) in [7, 11) is 1.62. The summed E-state index contributed by atoms with van der Waals surface area (Å²) in [5.41, 5.74) is 1.34. The summed E-state index contributed by atoms with van der Waals surface area (Å²) in [6.45, 7) is 0. The molecule has 8 heteroatoms. The van der Waals surface area contributed by atoms with Crippen molar-refractivity contribution < 1.29 is 14.3 Å². The number of nitrogens with one attached hydrogen (secondary N) is 2. The van der Waals surface area contributed by atoms with Crippen LogP contribution in [0.1, 0.15) is 23.2 Å². The van der Waals surface area contributed by atoms with Crippen LogP contribution in [0.2, 0.25) is 0 Å². The highest BCUT2D eigenvalue weighted by atomic mass is 32.2. The lowest BCUT2D eigenvalue weighted by Gasteiger charge is -2.08. The summed E-state index contributed by atoms with van der Waals surface area (Å²) in [4.78, 5) is 30.0. The fourth-order valence-corrected chi connectivity index (χ4v) is 4.42. The van der Waals surface area contributed by atoms with Crippen molar-refractivity contribution in [3.8, 4) is 5.75 Å². The lowest BCUT2D eigenvalue weighted by Crippen LogP contribution is -2.27. The third-order valence-corrected chi connectivity index (χ3v) is 6.26. The van der Waals surface area contributed by atoms with Crippen molar-refractivity contribution in [3.05, 3.63) is 48.0 Å². The van der Waals surface area contributed by atoms with Crippen LogP contribution in [0.5, 0.6) is 5.75 Å². The second-order valence-corrected chi connectivity index (χ2v) is 8.48. The molecule has 2 amide bonds. The predicted octanol–water partition coefficient (Wildman–Crippen LogP) is 3.93. The van der Waals surface area contributed by atoms with Gasteiger partial charge >= 0.3 is 0 Å². The third kappa shape index (κ3) is 4.45. The number of hydrogen-bond donors (Lipinski definition) is 2. The largest absolute Gasteiger partial charge is 0.497 e. The predicted molar refractivity (Wildman–Crippen MR) is 112 cm³/mol. The first-order chi connectivity index (χ1) is 13.6. The summed E-state index contributed by atoms with van der Waals surface area (Å²) < 4.78 is 6.17. The van der Waals surface area contributed by atoms with E-state index >= 15 is 0 Å². The maximum Gasteiger partial charge on any atom is 0.258 e. The van der Waals surface area contributed by atoms with Gasteiger partial charge in [0, 0.05) is 10.9 Å². The monoisotopic (exact) mass is 413 g/mol. The van der Waals surface area contributed by atoms with Crippen molar-refractivity contribution in [1.29, 1.82) is 0 Å². The Morgan fingerprint density at radius 2 is 2.07 bits per heavy atom. The molecule has 1 saturated carbocycles. The van der Waals surface area contributed by atoms with Crippen LogP contribution >= 0.6 is 23.1 Å². The molecule has 0 bridgehead atoms. The van der Waals surface area contributed by atoms with Gasteiger partial charge in [-0.25, -0.2) is 4.98 Å². The van der Waals surface area contributed by atoms with Crippen molar-refractivity contribution in [1.82, 2.24) is 10.3 Å². The summed E-state index contributed by atoms with van der Waals surface area (Å²) in [6, 6.07) is 13.2. The average Bonchev–Trinajstić information content (AvgIpc) is 3.42.